The minimum Gasteiger partial charge on any atom is -0.0654 e. The van der Waals surface area contributed by atoms with Gasteiger partial charge in [-0.2, -0.15) is 0 Å². The summed E-state index contributed by atoms with van der Waals surface area (Å²) in [6.07, 6.45) is 15.8. The van der Waals surface area contributed by atoms with Gasteiger partial charge in [0.05, 0.1) is 0 Å². The number of allylic oxidation sites excluding steroid dienone is 6. The Kier molecular flexibility index (Phi) is 7.56. The number of benzene rings is 1. The van der Waals surface area contributed by atoms with Crippen LogP contribution in [0.15, 0.2) is 58.2 Å². The maximum absolute atomic E-state index is 2.34. The SMILES string of the molecule is CCCCC1=C(c2ccccc2)C(=C(CCC)CCC)C1=C1CCCCC1. The molecule has 1 saturated carbocycles. The van der Waals surface area contributed by atoms with Crippen LogP contribution in [-0.4, -0.2) is 0 Å². The Hall–Kier alpha value is -1.56. The van der Waals surface area contributed by atoms with Crippen molar-refractivity contribution in [3.8, 4) is 0 Å². The average Bonchev–Trinajstić information content (AvgIpc) is 2.69. The van der Waals surface area contributed by atoms with Gasteiger partial charge in [-0.15, -0.1) is 0 Å². The lowest BCUT2D eigenvalue weighted by atomic mass is 9.66. The average molecular weight is 363 g/mol. The normalized spacial score (nSPS) is 17.4. The molecule has 0 atom stereocenters. The van der Waals surface area contributed by atoms with E-state index in [0.29, 0.717) is 0 Å². The third kappa shape index (κ3) is 4.48. The molecule has 0 heteroatoms. The molecule has 0 N–H and O–H groups in total. The van der Waals surface area contributed by atoms with Crippen LogP contribution in [0.2, 0.25) is 0 Å². The molecule has 3 rings (SSSR count). The van der Waals surface area contributed by atoms with Crippen LogP contribution in [0.3, 0.4) is 0 Å². The van der Waals surface area contributed by atoms with Crippen LogP contribution in [0, 0.1) is 0 Å². The number of rotatable bonds is 8. The molecule has 0 heterocycles. The fourth-order valence-electron chi connectivity index (χ4n) is 4.97. The van der Waals surface area contributed by atoms with E-state index in [-0.39, 0.29) is 0 Å². The van der Waals surface area contributed by atoms with Crippen LogP contribution in [0.5, 0.6) is 0 Å². The second-order valence-corrected chi connectivity index (χ2v) is 8.34. The molecule has 0 radical (unpaired) electrons. The predicted octanol–water partition coefficient (Wildman–Crippen LogP) is 8.80. The molecule has 0 aromatic heterocycles. The van der Waals surface area contributed by atoms with Gasteiger partial charge in [-0.25, -0.2) is 0 Å². The van der Waals surface area contributed by atoms with Gasteiger partial charge in [-0.1, -0.05) is 87.9 Å². The summed E-state index contributed by atoms with van der Waals surface area (Å²) in [7, 11) is 0. The minimum atomic E-state index is 1.26. The summed E-state index contributed by atoms with van der Waals surface area (Å²) >= 11 is 0. The highest BCUT2D eigenvalue weighted by Gasteiger charge is 2.34. The van der Waals surface area contributed by atoms with Crippen molar-refractivity contribution < 1.29 is 0 Å². The van der Waals surface area contributed by atoms with Crippen LogP contribution in [0.25, 0.3) is 5.57 Å². The van der Waals surface area contributed by atoms with Crippen molar-refractivity contribution in [2.75, 3.05) is 0 Å². The third-order valence-electron chi connectivity index (χ3n) is 6.21. The molecule has 27 heavy (non-hydrogen) atoms. The first-order valence-corrected chi connectivity index (χ1v) is 11.5. The largest absolute Gasteiger partial charge is 0.0654 e. The smallest absolute Gasteiger partial charge is 0.00675 e. The molecule has 146 valence electrons. The highest BCUT2D eigenvalue weighted by atomic mass is 14.4. The maximum atomic E-state index is 2.34. The molecule has 0 unspecified atom stereocenters. The van der Waals surface area contributed by atoms with E-state index >= 15 is 0 Å². The van der Waals surface area contributed by atoms with E-state index in [2.05, 4.69) is 51.1 Å². The van der Waals surface area contributed by atoms with Crippen LogP contribution >= 0.6 is 0 Å². The Labute approximate surface area is 167 Å². The number of hydrogen-bond donors (Lipinski definition) is 0. The van der Waals surface area contributed by atoms with Crippen LogP contribution < -0.4 is 0 Å². The Balaban J connectivity index is 2.18. The lowest BCUT2D eigenvalue weighted by Gasteiger charge is -2.37. The lowest BCUT2D eigenvalue weighted by molar-refractivity contribution is 0.592. The summed E-state index contributed by atoms with van der Waals surface area (Å²) in [6.45, 7) is 7.00. The summed E-state index contributed by atoms with van der Waals surface area (Å²) < 4.78 is 0. The second-order valence-electron chi connectivity index (χ2n) is 8.34. The zero-order valence-corrected chi connectivity index (χ0v) is 17.9. The maximum Gasteiger partial charge on any atom is -0.00675 e. The van der Waals surface area contributed by atoms with Gasteiger partial charge in [-0.3, -0.25) is 0 Å². The lowest BCUT2D eigenvalue weighted by Crippen LogP contribution is -2.18. The van der Waals surface area contributed by atoms with Gasteiger partial charge in [0.2, 0.25) is 0 Å². The van der Waals surface area contributed by atoms with Crippen molar-refractivity contribution in [2.45, 2.75) is 97.8 Å². The van der Waals surface area contributed by atoms with Gasteiger partial charge < -0.3 is 0 Å². The molecule has 0 aliphatic heterocycles. The Morgan fingerprint density at radius 3 is 2.04 bits per heavy atom. The number of hydrogen-bond acceptors (Lipinski definition) is 0. The molecule has 0 spiro atoms. The summed E-state index contributed by atoms with van der Waals surface area (Å²) in [6, 6.07) is 11.2. The molecule has 1 aromatic rings. The van der Waals surface area contributed by atoms with E-state index in [0.717, 1.165) is 0 Å². The predicted molar refractivity (Wildman–Crippen MR) is 120 cm³/mol. The number of unbranched alkanes of at least 4 members (excludes halogenated alkanes) is 1. The van der Waals surface area contributed by atoms with Gasteiger partial charge >= 0.3 is 0 Å². The van der Waals surface area contributed by atoms with Gasteiger partial charge in [-0.05, 0) is 79.2 Å². The fourth-order valence-corrected chi connectivity index (χ4v) is 4.97. The van der Waals surface area contributed by atoms with E-state index in [4.69, 9.17) is 0 Å². The second kappa shape index (κ2) is 10.1. The standard InChI is InChI=1S/C27H38/c1-4-7-20-24-25(22-16-10-8-11-17-22)27(21(14-5-2)15-6-3)26(24)23-18-12-9-13-19-23/h8,10-11,16-17H,4-7,9,12-15,18-20H2,1-3H3. The summed E-state index contributed by atoms with van der Waals surface area (Å²) in [5.41, 5.74) is 11.7. The first-order valence-electron chi connectivity index (χ1n) is 11.5. The monoisotopic (exact) mass is 362 g/mol. The summed E-state index contributed by atoms with van der Waals surface area (Å²) in [5.74, 6) is 0. The summed E-state index contributed by atoms with van der Waals surface area (Å²) in [4.78, 5) is 0. The topological polar surface area (TPSA) is 0 Å². The van der Waals surface area contributed by atoms with E-state index in [9.17, 15) is 0 Å². The first-order chi connectivity index (χ1) is 13.3. The zero-order valence-electron chi connectivity index (χ0n) is 17.9. The van der Waals surface area contributed by atoms with Crippen molar-refractivity contribution in [3.05, 3.63) is 63.8 Å². The molecule has 1 aromatic carbocycles. The minimum absolute atomic E-state index is 1.26. The first kappa shape index (κ1) is 20.2. The molecule has 0 amide bonds. The van der Waals surface area contributed by atoms with Gasteiger partial charge in [0.15, 0.2) is 0 Å². The Morgan fingerprint density at radius 1 is 0.778 bits per heavy atom. The van der Waals surface area contributed by atoms with Crippen molar-refractivity contribution in [2.24, 2.45) is 0 Å². The Bertz CT molecular complexity index is 696. The van der Waals surface area contributed by atoms with Crippen molar-refractivity contribution in [1.82, 2.24) is 0 Å². The van der Waals surface area contributed by atoms with Gasteiger partial charge in [0.25, 0.3) is 0 Å². The molecule has 2 aliphatic rings. The fraction of sp³-hybridized carbons (Fsp3) is 0.556. The molecule has 1 fully saturated rings. The molecular formula is C27H38. The van der Waals surface area contributed by atoms with E-state index in [1.165, 1.54) is 82.6 Å². The van der Waals surface area contributed by atoms with E-state index in [1.54, 1.807) is 33.4 Å². The van der Waals surface area contributed by atoms with Crippen molar-refractivity contribution in [1.29, 1.82) is 0 Å². The van der Waals surface area contributed by atoms with E-state index < -0.39 is 0 Å². The molecule has 0 nitrogen and oxygen atoms in total. The highest BCUT2D eigenvalue weighted by Crippen LogP contribution is 2.53. The van der Waals surface area contributed by atoms with Crippen LogP contribution in [0.1, 0.15) is 103 Å². The molecule has 2 aliphatic carbocycles. The van der Waals surface area contributed by atoms with Gasteiger partial charge in [0, 0.05) is 0 Å². The van der Waals surface area contributed by atoms with E-state index in [1.807, 2.05) is 0 Å². The Morgan fingerprint density at radius 2 is 1.44 bits per heavy atom. The van der Waals surface area contributed by atoms with Crippen LogP contribution in [-0.2, 0) is 0 Å². The van der Waals surface area contributed by atoms with Crippen molar-refractivity contribution in [3.63, 3.8) is 0 Å². The highest BCUT2D eigenvalue weighted by molar-refractivity contribution is 6.00. The molecule has 0 bridgehead atoms. The summed E-state index contributed by atoms with van der Waals surface area (Å²) in [5, 5.41) is 0. The van der Waals surface area contributed by atoms with Crippen molar-refractivity contribution >= 4 is 5.57 Å². The molecule has 0 saturated heterocycles. The quantitative estimate of drug-likeness (QED) is 0.433. The third-order valence-corrected chi connectivity index (χ3v) is 6.21. The van der Waals surface area contributed by atoms with Crippen LogP contribution in [0.4, 0.5) is 0 Å². The van der Waals surface area contributed by atoms with Gasteiger partial charge in [0.1, 0.15) is 0 Å². The molecular weight excluding hydrogens is 324 g/mol. The zero-order chi connectivity index (χ0) is 19.1.